The Labute approximate surface area is 145 Å². The van der Waals surface area contributed by atoms with Crippen LogP contribution in [0.4, 0.5) is 5.69 Å². The van der Waals surface area contributed by atoms with Gasteiger partial charge in [-0.1, -0.05) is 30.3 Å². The van der Waals surface area contributed by atoms with Crippen LogP contribution in [0.3, 0.4) is 0 Å². The second-order valence-corrected chi connectivity index (χ2v) is 5.80. The van der Waals surface area contributed by atoms with Gasteiger partial charge in [0.1, 0.15) is 11.7 Å². The van der Waals surface area contributed by atoms with E-state index in [0.29, 0.717) is 12.1 Å². The second kappa shape index (κ2) is 6.80. The first-order chi connectivity index (χ1) is 11.6. The van der Waals surface area contributed by atoms with E-state index in [1.165, 1.54) is 4.90 Å². The number of amides is 2. The highest BCUT2D eigenvalue weighted by atomic mass is 32.1. The molecule has 3 rings (SSSR count). The molecule has 122 valence electrons. The number of nitrogens with zero attached hydrogens (tertiary/aromatic N) is 1. The Bertz CT molecular complexity index is 775. The molecule has 0 saturated carbocycles. The smallest absolute Gasteiger partial charge is 0.246 e. The molecule has 1 fully saturated rings. The lowest BCUT2D eigenvalue weighted by atomic mass is 9.95. The minimum absolute atomic E-state index is 0.113. The molecule has 2 aromatic carbocycles. The fraction of sp³-hybridized carbons (Fsp3) is 0.167. The van der Waals surface area contributed by atoms with Crippen molar-refractivity contribution in [2.75, 3.05) is 12.0 Å². The number of carbonyl (C=O) groups excluding carboxylic acids is 2. The molecule has 1 atom stereocenters. The number of methoxy groups -OCH3 is 1. The highest BCUT2D eigenvalue weighted by molar-refractivity contribution is 7.80. The van der Waals surface area contributed by atoms with Gasteiger partial charge in [-0.3, -0.25) is 14.5 Å². The predicted octanol–water partition coefficient (Wildman–Crippen LogP) is 2.30. The normalized spacial score (nSPS) is 17.6. The maximum absolute atomic E-state index is 12.8. The third-order valence-corrected chi connectivity index (χ3v) is 4.17. The molecule has 1 saturated heterocycles. The lowest BCUT2D eigenvalue weighted by Crippen LogP contribution is -2.58. The number of nitrogens with one attached hydrogen (secondary N) is 1. The van der Waals surface area contributed by atoms with Crippen molar-refractivity contribution in [1.82, 2.24) is 5.32 Å². The second-order valence-electron chi connectivity index (χ2n) is 5.41. The highest BCUT2D eigenvalue weighted by Gasteiger charge is 2.39. The first-order valence-electron chi connectivity index (χ1n) is 7.47. The number of anilines is 1. The van der Waals surface area contributed by atoms with Crippen LogP contribution in [0.1, 0.15) is 5.56 Å². The van der Waals surface area contributed by atoms with Gasteiger partial charge in [-0.2, -0.15) is 0 Å². The van der Waals surface area contributed by atoms with E-state index in [4.69, 9.17) is 17.0 Å². The molecular weight excluding hydrogens is 324 g/mol. The van der Waals surface area contributed by atoms with Crippen molar-refractivity contribution >= 4 is 34.8 Å². The van der Waals surface area contributed by atoms with Crippen LogP contribution in [0.5, 0.6) is 5.75 Å². The number of ether oxygens (including phenoxy) is 1. The van der Waals surface area contributed by atoms with Gasteiger partial charge in [-0.15, -0.1) is 0 Å². The van der Waals surface area contributed by atoms with Crippen molar-refractivity contribution in [3.05, 3.63) is 60.2 Å². The molecule has 1 unspecified atom stereocenters. The Morgan fingerprint density at radius 3 is 2.38 bits per heavy atom. The average Bonchev–Trinajstić information content (AvgIpc) is 2.60. The average molecular weight is 340 g/mol. The van der Waals surface area contributed by atoms with Gasteiger partial charge in [0.25, 0.3) is 0 Å². The molecule has 24 heavy (non-hydrogen) atoms. The van der Waals surface area contributed by atoms with E-state index in [0.717, 1.165) is 11.3 Å². The molecule has 0 aromatic heterocycles. The van der Waals surface area contributed by atoms with Crippen LogP contribution in [0.25, 0.3) is 0 Å². The number of rotatable bonds is 4. The molecule has 1 heterocycles. The number of hydrogen-bond acceptors (Lipinski definition) is 4. The largest absolute Gasteiger partial charge is 0.497 e. The Morgan fingerprint density at radius 2 is 1.75 bits per heavy atom. The van der Waals surface area contributed by atoms with Crippen LogP contribution >= 0.6 is 12.2 Å². The lowest BCUT2D eigenvalue weighted by molar-refractivity contribution is -0.133. The zero-order chi connectivity index (χ0) is 17.1. The summed E-state index contributed by atoms with van der Waals surface area (Å²) in [6, 6.07) is 16.4. The fourth-order valence-electron chi connectivity index (χ4n) is 2.62. The van der Waals surface area contributed by atoms with E-state index in [2.05, 4.69) is 5.32 Å². The van der Waals surface area contributed by atoms with Gasteiger partial charge in [0.2, 0.25) is 11.8 Å². The number of para-hydroxylation sites is 1. The van der Waals surface area contributed by atoms with Crippen molar-refractivity contribution in [2.24, 2.45) is 5.92 Å². The zero-order valence-corrected chi connectivity index (χ0v) is 13.9. The monoisotopic (exact) mass is 340 g/mol. The first-order valence-corrected chi connectivity index (χ1v) is 7.88. The molecule has 1 N–H and O–H groups in total. The van der Waals surface area contributed by atoms with Gasteiger partial charge in [0.05, 0.1) is 12.8 Å². The molecule has 0 bridgehead atoms. The summed E-state index contributed by atoms with van der Waals surface area (Å²) in [6.07, 6.45) is 0.306. The Hall–Kier alpha value is -2.73. The molecule has 6 heteroatoms. The summed E-state index contributed by atoms with van der Waals surface area (Å²) in [5, 5.41) is 2.74. The van der Waals surface area contributed by atoms with E-state index >= 15 is 0 Å². The lowest BCUT2D eigenvalue weighted by Gasteiger charge is -2.32. The van der Waals surface area contributed by atoms with Crippen molar-refractivity contribution in [2.45, 2.75) is 6.42 Å². The Morgan fingerprint density at radius 1 is 1.08 bits per heavy atom. The van der Waals surface area contributed by atoms with Gasteiger partial charge in [0.15, 0.2) is 5.11 Å². The predicted molar refractivity (Wildman–Crippen MR) is 94.9 cm³/mol. The van der Waals surface area contributed by atoms with Crippen molar-refractivity contribution in [3.63, 3.8) is 0 Å². The van der Waals surface area contributed by atoms with Crippen LogP contribution in [-0.2, 0) is 16.0 Å². The van der Waals surface area contributed by atoms with Crippen LogP contribution in [0.2, 0.25) is 0 Å². The summed E-state index contributed by atoms with van der Waals surface area (Å²) in [7, 11) is 1.59. The minimum Gasteiger partial charge on any atom is -0.497 e. The topological polar surface area (TPSA) is 58.6 Å². The first kappa shape index (κ1) is 16.1. The van der Waals surface area contributed by atoms with Crippen molar-refractivity contribution < 1.29 is 14.3 Å². The van der Waals surface area contributed by atoms with Crippen LogP contribution < -0.4 is 15.0 Å². The zero-order valence-electron chi connectivity index (χ0n) is 13.1. The maximum atomic E-state index is 12.8. The molecule has 0 aliphatic carbocycles. The summed E-state index contributed by atoms with van der Waals surface area (Å²) in [4.78, 5) is 26.5. The number of carbonyl (C=O) groups is 2. The molecule has 2 aromatic rings. The van der Waals surface area contributed by atoms with Crippen LogP contribution in [-0.4, -0.2) is 24.0 Å². The summed E-state index contributed by atoms with van der Waals surface area (Å²) in [6.45, 7) is 0. The van der Waals surface area contributed by atoms with Crippen LogP contribution in [0.15, 0.2) is 54.6 Å². The Balaban J connectivity index is 1.85. The number of hydrogen-bond donors (Lipinski definition) is 1. The summed E-state index contributed by atoms with van der Waals surface area (Å²) < 4.78 is 5.12. The van der Waals surface area contributed by atoms with Gasteiger partial charge < -0.3 is 10.1 Å². The molecule has 0 spiro atoms. The molecule has 5 nitrogen and oxygen atoms in total. The number of thiocarbonyl (C=S) groups is 1. The SMILES string of the molecule is COc1ccc(CC2C(=O)NC(=S)N(c3ccccc3)C2=O)cc1. The van der Waals surface area contributed by atoms with E-state index in [1.54, 1.807) is 31.4 Å². The van der Waals surface area contributed by atoms with E-state index in [-0.39, 0.29) is 16.9 Å². The highest BCUT2D eigenvalue weighted by Crippen LogP contribution is 2.23. The fourth-order valence-corrected chi connectivity index (χ4v) is 2.91. The molecule has 2 amide bonds. The van der Waals surface area contributed by atoms with Crippen molar-refractivity contribution in [1.29, 1.82) is 0 Å². The third kappa shape index (κ3) is 3.14. The van der Waals surface area contributed by atoms with Crippen LogP contribution in [0, 0.1) is 5.92 Å². The van der Waals surface area contributed by atoms with E-state index in [1.807, 2.05) is 30.3 Å². The number of benzene rings is 2. The van der Waals surface area contributed by atoms with E-state index < -0.39 is 5.92 Å². The molecular formula is C18H16N2O3S. The standard InChI is InChI=1S/C18H16N2O3S/c1-23-14-9-7-12(8-10-14)11-15-16(21)19-18(24)20(17(15)22)13-5-3-2-4-6-13/h2-10,15H,11H2,1H3,(H,19,21,24). The summed E-state index contributed by atoms with van der Waals surface area (Å²) in [5.41, 5.74) is 1.53. The van der Waals surface area contributed by atoms with Gasteiger partial charge in [0, 0.05) is 0 Å². The van der Waals surface area contributed by atoms with Gasteiger partial charge >= 0.3 is 0 Å². The molecule has 0 radical (unpaired) electrons. The van der Waals surface area contributed by atoms with Crippen molar-refractivity contribution in [3.8, 4) is 5.75 Å². The van der Waals surface area contributed by atoms with Gasteiger partial charge in [-0.05, 0) is 48.5 Å². The van der Waals surface area contributed by atoms with Gasteiger partial charge in [-0.25, -0.2) is 0 Å². The summed E-state index contributed by atoms with van der Waals surface area (Å²) in [5.74, 6) is -0.769. The third-order valence-electron chi connectivity index (χ3n) is 3.88. The maximum Gasteiger partial charge on any atom is 0.246 e. The molecule has 1 aliphatic heterocycles. The molecule has 1 aliphatic rings. The quantitative estimate of drug-likeness (QED) is 0.685. The summed E-state index contributed by atoms with van der Waals surface area (Å²) >= 11 is 5.17. The van der Waals surface area contributed by atoms with E-state index in [9.17, 15) is 9.59 Å². The Kier molecular flexibility index (Phi) is 4.57. The minimum atomic E-state index is -0.815.